The minimum Gasteiger partial charge on any atom is -0.394 e. The van der Waals surface area contributed by atoms with Crippen molar-refractivity contribution < 1.29 is 19.3 Å². The number of ether oxygens (including phenoxy) is 1. The molecule has 2 aromatic heterocycles. The van der Waals surface area contributed by atoms with E-state index in [1.165, 1.54) is 31.1 Å². The number of rotatable bonds is 2. The van der Waals surface area contributed by atoms with Crippen LogP contribution in [0.4, 0.5) is 10.2 Å². The number of aliphatic hydroxyl groups is 2. The van der Waals surface area contributed by atoms with Crippen molar-refractivity contribution in [3.63, 3.8) is 0 Å². The summed E-state index contributed by atoms with van der Waals surface area (Å²) in [5, 5.41) is 19.6. The topological polar surface area (TPSA) is 119 Å². The first-order valence-electron chi connectivity index (χ1n) is 6.41. The van der Waals surface area contributed by atoms with E-state index in [0.717, 1.165) is 0 Å². The van der Waals surface area contributed by atoms with Gasteiger partial charge in [-0.25, -0.2) is 19.3 Å². The van der Waals surface area contributed by atoms with Crippen molar-refractivity contribution in [1.82, 2.24) is 19.5 Å². The molecule has 0 unspecified atom stereocenters. The number of halogens is 1. The summed E-state index contributed by atoms with van der Waals surface area (Å²) in [6.07, 6.45) is 0.314. The summed E-state index contributed by atoms with van der Waals surface area (Å²) in [7, 11) is 0. The molecule has 3 heterocycles. The molecule has 114 valence electrons. The normalized spacial score (nSPS) is 36.4. The summed E-state index contributed by atoms with van der Waals surface area (Å²) >= 11 is 0. The van der Waals surface area contributed by atoms with E-state index in [2.05, 4.69) is 15.0 Å². The number of nitrogen functional groups attached to an aromatic ring is 1. The van der Waals surface area contributed by atoms with Crippen LogP contribution in [0, 0.1) is 0 Å². The Labute approximate surface area is 119 Å². The molecule has 9 heteroatoms. The van der Waals surface area contributed by atoms with Crippen molar-refractivity contribution in [2.75, 3.05) is 12.3 Å². The van der Waals surface area contributed by atoms with E-state index >= 15 is 4.39 Å². The van der Waals surface area contributed by atoms with Crippen LogP contribution in [0.3, 0.4) is 0 Å². The molecule has 2 aromatic rings. The minimum atomic E-state index is -2.16. The second-order valence-electron chi connectivity index (χ2n) is 5.47. The number of aromatic nitrogens is 4. The average molecular weight is 297 g/mol. The largest absolute Gasteiger partial charge is 0.394 e. The lowest BCUT2D eigenvalue weighted by atomic mass is 9.85. The first-order chi connectivity index (χ1) is 9.80. The molecule has 0 spiro atoms. The van der Waals surface area contributed by atoms with Crippen LogP contribution in [0.25, 0.3) is 11.2 Å². The summed E-state index contributed by atoms with van der Waals surface area (Å²) in [4.78, 5) is 11.9. The van der Waals surface area contributed by atoms with Gasteiger partial charge >= 0.3 is 0 Å². The Kier molecular flexibility index (Phi) is 2.91. The Balaban J connectivity index is 2.13. The number of nitrogens with two attached hydrogens (primary N) is 1. The summed E-state index contributed by atoms with van der Waals surface area (Å²) in [5.41, 5.74) is 2.29. The molecule has 0 radical (unpaired) electrons. The number of hydrogen-bond donors (Lipinski definition) is 3. The van der Waals surface area contributed by atoms with Gasteiger partial charge in [0, 0.05) is 0 Å². The molecule has 1 fully saturated rings. The third-order valence-electron chi connectivity index (χ3n) is 4.18. The van der Waals surface area contributed by atoms with Gasteiger partial charge in [-0.15, -0.1) is 0 Å². The van der Waals surface area contributed by atoms with Crippen molar-refractivity contribution in [2.45, 2.75) is 37.4 Å². The third kappa shape index (κ3) is 1.74. The van der Waals surface area contributed by atoms with E-state index in [1.807, 2.05) is 0 Å². The Bertz CT molecular complexity index is 687. The van der Waals surface area contributed by atoms with E-state index in [0.29, 0.717) is 11.2 Å². The maximum Gasteiger partial charge on any atom is 0.183 e. The maximum atomic E-state index is 15.1. The van der Waals surface area contributed by atoms with Gasteiger partial charge in [-0.3, -0.25) is 4.57 Å². The van der Waals surface area contributed by atoms with E-state index < -0.39 is 30.2 Å². The van der Waals surface area contributed by atoms with Gasteiger partial charge in [0.2, 0.25) is 0 Å². The molecule has 1 aliphatic heterocycles. The second kappa shape index (κ2) is 4.33. The number of imidazole rings is 1. The van der Waals surface area contributed by atoms with Crippen LogP contribution >= 0.6 is 0 Å². The van der Waals surface area contributed by atoms with Crippen LogP contribution in [-0.2, 0) is 4.74 Å². The van der Waals surface area contributed by atoms with Crippen molar-refractivity contribution >= 4 is 17.0 Å². The molecule has 1 aliphatic rings. The highest BCUT2D eigenvalue weighted by Gasteiger charge is 2.63. The fourth-order valence-corrected chi connectivity index (χ4v) is 2.57. The molecule has 0 saturated carbocycles. The SMILES string of the molecule is C[C@]1(O)[C@@H](CO)O[C@@H](n2cnc3c(N)ncnc32)[C@]1(C)F. The summed E-state index contributed by atoms with van der Waals surface area (Å²) in [5.74, 6) is 0.169. The zero-order valence-electron chi connectivity index (χ0n) is 11.6. The number of fused-ring (bicyclic) bond motifs is 1. The highest BCUT2D eigenvalue weighted by atomic mass is 19.1. The molecule has 3 rings (SSSR count). The first kappa shape index (κ1) is 14.1. The smallest absolute Gasteiger partial charge is 0.183 e. The highest BCUT2D eigenvalue weighted by molar-refractivity contribution is 5.81. The van der Waals surface area contributed by atoms with Gasteiger partial charge in [-0.2, -0.15) is 0 Å². The minimum absolute atomic E-state index is 0.169. The molecule has 0 aliphatic carbocycles. The molecule has 1 saturated heterocycles. The van der Waals surface area contributed by atoms with E-state index in [-0.39, 0.29) is 5.82 Å². The molecular formula is C12H16FN5O3. The van der Waals surface area contributed by atoms with E-state index in [4.69, 9.17) is 10.5 Å². The van der Waals surface area contributed by atoms with Gasteiger partial charge in [-0.1, -0.05) is 0 Å². The average Bonchev–Trinajstić information content (AvgIpc) is 2.90. The molecule has 21 heavy (non-hydrogen) atoms. The van der Waals surface area contributed by atoms with E-state index in [1.54, 1.807) is 0 Å². The Hall–Kier alpha value is -1.84. The second-order valence-corrected chi connectivity index (χ2v) is 5.47. The Morgan fingerprint density at radius 3 is 2.76 bits per heavy atom. The summed E-state index contributed by atoms with van der Waals surface area (Å²) in [6, 6.07) is 0. The van der Waals surface area contributed by atoms with E-state index in [9.17, 15) is 10.2 Å². The van der Waals surface area contributed by atoms with Crippen LogP contribution in [0.15, 0.2) is 12.7 Å². The maximum absolute atomic E-state index is 15.1. The van der Waals surface area contributed by atoms with Gasteiger partial charge in [0.1, 0.15) is 23.5 Å². The zero-order chi connectivity index (χ0) is 15.4. The lowest BCUT2D eigenvalue weighted by molar-refractivity contribution is -0.0891. The number of nitrogens with zero attached hydrogens (tertiary/aromatic N) is 4. The van der Waals surface area contributed by atoms with Crippen LogP contribution < -0.4 is 5.73 Å². The van der Waals surface area contributed by atoms with Crippen LogP contribution in [-0.4, -0.2) is 53.7 Å². The number of anilines is 1. The standard InChI is InChI=1S/C12H16FN5O3/c1-11(13)10(21-6(3-19)12(11,2)20)18-5-17-7-8(14)15-4-16-9(7)18/h4-6,10,19-20H,3H2,1-2H3,(H2,14,15,16)/t6-,10-,11+,12+/m1/s1. The van der Waals surface area contributed by atoms with Gasteiger partial charge in [0.25, 0.3) is 0 Å². The molecule has 8 nitrogen and oxygen atoms in total. The Morgan fingerprint density at radius 1 is 1.43 bits per heavy atom. The van der Waals surface area contributed by atoms with Crippen molar-refractivity contribution in [3.8, 4) is 0 Å². The number of aliphatic hydroxyl groups excluding tert-OH is 1. The molecule has 0 amide bonds. The van der Waals surface area contributed by atoms with Gasteiger partial charge in [-0.05, 0) is 13.8 Å². The van der Waals surface area contributed by atoms with Gasteiger partial charge in [0.15, 0.2) is 23.4 Å². The van der Waals surface area contributed by atoms with Crippen LogP contribution in [0.2, 0.25) is 0 Å². The summed E-state index contributed by atoms with van der Waals surface area (Å²) < 4.78 is 21.9. The van der Waals surface area contributed by atoms with Gasteiger partial charge < -0.3 is 20.7 Å². The zero-order valence-corrected chi connectivity index (χ0v) is 11.6. The quantitative estimate of drug-likeness (QED) is 0.700. The Morgan fingerprint density at radius 2 is 2.14 bits per heavy atom. The molecule has 0 bridgehead atoms. The molecular weight excluding hydrogens is 281 g/mol. The fourth-order valence-electron chi connectivity index (χ4n) is 2.57. The van der Waals surface area contributed by atoms with Crippen LogP contribution in [0.1, 0.15) is 20.1 Å². The first-order valence-corrected chi connectivity index (χ1v) is 6.41. The monoisotopic (exact) mass is 297 g/mol. The number of hydrogen-bond acceptors (Lipinski definition) is 7. The van der Waals surface area contributed by atoms with Gasteiger partial charge in [0.05, 0.1) is 12.9 Å². The van der Waals surface area contributed by atoms with Crippen molar-refractivity contribution in [1.29, 1.82) is 0 Å². The predicted octanol–water partition coefficient (Wildman–Crippen LogP) is -0.223. The summed E-state index contributed by atoms with van der Waals surface area (Å²) in [6.45, 7) is 1.99. The van der Waals surface area contributed by atoms with Crippen molar-refractivity contribution in [3.05, 3.63) is 12.7 Å². The fraction of sp³-hybridized carbons (Fsp3) is 0.583. The third-order valence-corrected chi connectivity index (χ3v) is 4.18. The lowest BCUT2D eigenvalue weighted by Crippen LogP contribution is -2.51. The van der Waals surface area contributed by atoms with Crippen molar-refractivity contribution in [2.24, 2.45) is 0 Å². The molecule has 0 aromatic carbocycles. The molecule has 4 atom stereocenters. The number of alkyl halides is 1. The molecule has 4 N–H and O–H groups in total. The highest BCUT2D eigenvalue weighted by Crippen LogP contribution is 2.48. The lowest BCUT2D eigenvalue weighted by Gasteiger charge is -2.32. The predicted molar refractivity (Wildman–Crippen MR) is 70.9 cm³/mol. The van der Waals surface area contributed by atoms with Crippen LogP contribution in [0.5, 0.6) is 0 Å².